The van der Waals surface area contributed by atoms with Gasteiger partial charge < -0.3 is 10.6 Å². The number of aryl methyl sites for hydroxylation is 1. The van der Waals surface area contributed by atoms with Crippen molar-refractivity contribution in [3.63, 3.8) is 0 Å². The van der Waals surface area contributed by atoms with Gasteiger partial charge in [-0.25, -0.2) is 0 Å². The molecule has 1 saturated heterocycles. The minimum Gasteiger partial charge on any atom is -0.353 e. The summed E-state index contributed by atoms with van der Waals surface area (Å²) in [6.45, 7) is 2.91. The van der Waals surface area contributed by atoms with E-state index in [1.165, 1.54) is 6.92 Å². The highest BCUT2D eigenvalue weighted by molar-refractivity contribution is 5.98. The summed E-state index contributed by atoms with van der Waals surface area (Å²) in [4.78, 5) is 39.9. The highest BCUT2D eigenvalue weighted by Crippen LogP contribution is 2.27. The molecule has 2 amide bonds. The zero-order chi connectivity index (χ0) is 25.3. The van der Waals surface area contributed by atoms with E-state index in [1.54, 1.807) is 24.3 Å². The summed E-state index contributed by atoms with van der Waals surface area (Å²) in [6.07, 6.45) is 2.77. The van der Waals surface area contributed by atoms with Crippen LogP contribution in [0.15, 0.2) is 84.9 Å². The van der Waals surface area contributed by atoms with Gasteiger partial charge in [0, 0.05) is 36.8 Å². The number of nitrogens with one attached hydrogen (secondary N) is 2. The molecule has 0 bridgehead atoms. The van der Waals surface area contributed by atoms with Crippen molar-refractivity contribution in [2.45, 2.75) is 44.7 Å². The third kappa shape index (κ3) is 6.89. The Kier molecular flexibility index (Phi) is 8.63. The van der Waals surface area contributed by atoms with Gasteiger partial charge in [-0.2, -0.15) is 0 Å². The van der Waals surface area contributed by atoms with E-state index in [2.05, 4.69) is 15.5 Å². The molecule has 0 saturated carbocycles. The zero-order valence-electron chi connectivity index (χ0n) is 20.7. The van der Waals surface area contributed by atoms with Crippen LogP contribution >= 0.6 is 0 Å². The van der Waals surface area contributed by atoms with Crippen molar-refractivity contribution >= 4 is 23.3 Å². The fourth-order valence-corrected chi connectivity index (χ4v) is 4.69. The number of hydrogen-bond acceptors (Lipinski definition) is 4. The molecule has 36 heavy (non-hydrogen) atoms. The number of Topliss-reactive ketones (excluding diaryl/α,β-unsaturated/α-hetero) is 1. The van der Waals surface area contributed by atoms with Crippen LogP contribution in [0.2, 0.25) is 0 Å². The molecular formula is C30H33N3O3. The molecule has 186 valence electrons. The highest BCUT2D eigenvalue weighted by Gasteiger charge is 2.31. The molecule has 3 aromatic carbocycles. The van der Waals surface area contributed by atoms with E-state index in [0.29, 0.717) is 30.8 Å². The Labute approximate surface area is 212 Å². The molecule has 1 fully saturated rings. The van der Waals surface area contributed by atoms with E-state index in [-0.39, 0.29) is 23.6 Å². The number of benzene rings is 3. The molecule has 1 aliphatic rings. The van der Waals surface area contributed by atoms with Gasteiger partial charge in [0.05, 0.1) is 0 Å². The maximum absolute atomic E-state index is 13.5. The number of hydrogen-bond donors (Lipinski definition) is 2. The average Bonchev–Trinajstić information content (AvgIpc) is 2.90. The zero-order valence-corrected chi connectivity index (χ0v) is 20.7. The fourth-order valence-electron chi connectivity index (χ4n) is 4.69. The lowest BCUT2D eigenvalue weighted by Crippen LogP contribution is -2.48. The molecular weight excluding hydrogens is 450 g/mol. The van der Waals surface area contributed by atoms with E-state index in [1.807, 2.05) is 60.7 Å². The Hall–Kier alpha value is -3.77. The third-order valence-corrected chi connectivity index (χ3v) is 6.64. The number of anilines is 1. The van der Waals surface area contributed by atoms with Crippen LogP contribution in [0.25, 0.3) is 0 Å². The first-order valence-corrected chi connectivity index (χ1v) is 12.5. The van der Waals surface area contributed by atoms with Gasteiger partial charge >= 0.3 is 0 Å². The Balaban J connectivity index is 1.37. The number of nitrogens with zero attached hydrogens (tertiary/aromatic N) is 1. The van der Waals surface area contributed by atoms with Gasteiger partial charge in [-0.05, 0) is 49.4 Å². The molecule has 4 rings (SSSR count). The van der Waals surface area contributed by atoms with Crippen molar-refractivity contribution in [2.75, 3.05) is 18.4 Å². The summed E-state index contributed by atoms with van der Waals surface area (Å²) < 4.78 is 0. The molecule has 6 heteroatoms. The second-order valence-corrected chi connectivity index (χ2v) is 9.30. The van der Waals surface area contributed by atoms with Crippen LogP contribution in [0.1, 0.15) is 53.7 Å². The molecule has 1 atom stereocenters. The Morgan fingerprint density at radius 1 is 0.889 bits per heavy atom. The van der Waals surface area contributed by atoms with Crippen molar-refractivity contribution in [2.24, 2.45) is 0 Å². The lowest BCUT2D eigenvalue weighted by molar-refractivity contribution is -0.124. The number of rotatable bonds is 9. The van der Waals surface area contributed by atoms with Crippen LogP contribution in [0.3, 0.4) is 0 Å². The van der Waals surface area contributed by atoms with Crippen LogP contribution in [0, 0.1) is 0 Å². The lowest BCUT2D eigenvalue weighted by atomic mass is 9.98. The molecule has 3 aromatic rings. The largest absolute Gasteiger partial charge is 0.353 e. The number of carbonyl (C=O) groups is 3. The SMILES string of the molecule is CC(=O)c1cccc(NC(=O)C(c2ccccc2)N2CCC(NC(=O)CCc3ccccc3)CC2)c1. The lowest BCUT2D eigenvalue weighted by Gasteiger charge is -2.37. The quantitative estimate of drug-likeness (QED) is 0.429. The van der Waals surface area contributed by atoms with Gasteiger partial charge in [0.25, 0.3) is 0 Å². The van der Waals surface area contributed by atoms with Crippen LogP contribution < -0.4 is 10.6 Å². The highest BCUT2D eigenvalue weighted by atomic mass is 16.2. The number of amides is 2. The monoisotopic (exact) mass is 483 g/mol. The molecule has 0 spiro atoms. The normalized spacial score (nSPS) is 15.1. The van der Waals surface area contributed by atoms with Gasteiger partial charge in [0.2, 0.25) is 11.8 Å². The second-order valence-electron chi connectivity index (χ2n) is 9.30. The first kappa shape index (κ1) is 25.3. The van der Waals surface area contributed by atoms with Crippen LogP contribution in [-0.2, 0) is 16.0 Å². The van der Waals surface area contributed by atoms with E-state index >= 15 is 0 Å². The molecule has 0 aromatic heterocycles. The van der Waals surface area contributed by atoms with Crippen molar-refractivity contribution in [3.8, 4) is 0 Å². The van der Waals surface area contributed by atoms with Crippen LogP contribution in [-0.4, -0.2) is 41.6 Å². The number of carbonyl (C=O) groups excluding carboxylic acids is 3. The number of ketones is 1. The minimum atomic E-state index is -0.457. The van der Waals surface area contributed by atoms with E-state index < -0.39 is 6.04 Å². The number of likely N-dealkylation sites (tertiary alicyclic amines) is 1. The summed E-state index contributed by atoms with van der Waals surface area (Å²) in [6, 6.07) is 26.4. The first-order valence-electron chi connectivity index (χ1n) is 12.5. The number of piperidine rings is 1. The van der Waals surface area contributed by atoms with Crippen LogP contribution in [0.4, 0.5) is 5.69 Å². The Bertz CT molecular complexity index is 1170. The van der Waals surface area contributed by atoms with Gasteiger partial charge in [-0.15, -0.1) is 0 Å². The molecule has 6 nitrogen and oxygen atoms in total. The van der Waals surface area contributed by atoms with Crippen molar-refractivity contribution in [1.82, 2.24) is 10.2 Å². The van der Waals surface area contributed by atoms with Gasteiger partial charge in [0.1, 0.15) is 6.04 Å². The predicted molar refractivity (Wildman–Crippen MR) is 142 cm³/mol. The summed E-state index contributed by atoms with van der Waals surface area (Å²) >= 11 is 0. The summed E-state index contributed by atoms with van der Waals surface area (Å²) in [5.41, 5.74) is 3.25. The minimum absolute atomic E-state index is 0.0430. The summed E-state index contributed by atoms with van der Waals surface area (Å²) in [7, 11) is 0. The van der Waals surface area contributed by atoms with E-state index in [4.69, 9.17) is 0 Å². The van der Waals surface area contributed by atoms with Crippen molar-refractivity contribution in [3.05, 3.63) is 102 Å². The topological polar surface area (TPSA) is 78.5 Å². The second kappa shape index (κ2) is 12.3. The third-order valence-electron chi connectivity index (χ3n) is 6.64. The predicted octanol–water partition coefficient (Wildman–Crippen LogP) is 4.78. The maximum Gasteiger partial charge on any atom is 0.246 e. The molecule has 1 unspecified atom stereocenters. The summed E-state index contributed by atoms with van der Waals surface area (Å²) in [5.74, 6) is -0.106. The standard InChI is InChI=1S/C30H33N3O3/c1-22(34)25-13-8-14-27(21-25)32-30(36)29(24-11-6-3-7-12-24)33-19-17-26(18-20-33)31-28(35)16-15-23-9-4-2-5-10-23/h2-14,21,26,29H,15-20H2,1H3,(H,31,35)(H,32,36). The summed E-state index contributed by atoms with van der Waals surface area (Å²) in [5, 5.41) is 6.18. The van der Waals surface area contributed by atoms with Crippen molar-refractivity contribution < 1.29 is 14.4 Å². The van der Waals surface area contributed by atoms with Gasteiger partial charge in [-0.3, -0.25) is 19.3 Å². The smallest absolute Gasteiger partial charge is 0.246 e. The average molecular weight is 484 g/mol. The molecule has 1 heterocycles. The molecule has 0 aliphatic carbocycles. The Morgan fingerprint density at radius 3 is 2.22 bits per heavy atom. The Morgan fingerprint density at radius 2 is 1.56 bits per heavy atom. The van der Waals surface area contributed by atoms with Gasteiger partial charge in [0.15, 0.2) is 5.78 Å². The van der Waals surface area contributed by atoms with Gasteiger partial charge in [-0.1, -0.05) is 72.8 Å². The maximum atomic E-state index is 13.5. The van der Waals surface area contributed by atoms with E-state index in [0.717, 1.165) is 30.4 Å². The molecule has 1 aliphatic heterocycles. The van der Waals surface area contributed by atoms with Crippen LogP contribution in [0.5, 0.6) is 0 Å². The fraction of sp³-hybridized carbons (Fsp3) is 0.300. The molecule has 2 N–H and O–H groups in total. The van der Waals surface area contributed by atoms with Crippen molar-refractivity contribution in [1.29, 1.82) is 0 Å². The molecule has 0 radical (unpaired) electrons. The van der Waals surface area contributed by atoms with E-state index in [9.17, 15) is 14.4 Å². The first-order chi connectivity index (χ1) is 17.5.